The third-order valence-electron chi connectivity index (χ3n) is 5.59. The van der Waals surface area contributed by atoms with Crippen molar-refractivity contribution in [2.24, 2.45) is 0 Å². The fourth-order valence-corrected chi connectivity index (χ4v) is 3.93. The van der Waals surface area contributed by atoms with Gasteiger partial charge in [-0.05, 0) is 36.8 Å². The summed E-state index contributed by atoms with van der Waals surface area (Å²) in [6.45, 7) is 3.59. The number of amides is 2. The van der Waals surface area contributed by atoms with Crippen molar-refractivity contribution in [2.75, 3.05) is 33.4 Å². The Morgan fingerprint density at radius 3 is 2.59 bits per heavy atom. The van der Waals surface area contributed by atoms with Gasteiger partial charge in [-0.3, -0.25) is 14.7 Å². The number of hydrogen-bond donors (Lipinski definition) is 1. The lowest BCUT2D eigenvalue weighted by Crippen LogP contribution is -2.56. The van der Waals surface area contributed by atoms with Crippen molar-refractivity contribution >= 4 is 47.3 Å². The summed E-state index contributed by atoms with van der Waals surface area (Å²) in [7, 11) is 1.51. The van der Waals surface area contributed by atoms with Gasteiger partial charge >= 0.3 is 0 Å². The van der Waals surface area contributed by atoms with Crippen molar-refractivity contribution in [3.63, 3.8) is 0 Å². The number of benzene rings is 2. The Morgan fingerprint density at radius 2 is 1.88 bits per heavy atom. The second-order valence-corrected chi connectivity index (χ2v) is 7.73. The van der Waals surface area contributed by atoms with Crippen LogP contribution in [0, 0.1) is 0 Å². The largest absolute Gasteiger partial charge is 0.375 e. The average molecular weight is 455 g/mol. The minimum absolute atomic E-state index is 0. The zero-order valence-electron chi connectivity index (χ0n) is 18.2. The molecule has 0 saturated carbocycles. The third-order valence-corrected chi connectivity index (χ3v) is 5.59. The normalized spacial score (nSPS) is 16.4. The molecule has 0 radical (unpaired) electrons. The summed E-state index contributed by atoms with van der Waals surface area (Å²) in [6, 6.07) is 15.5. The highest BCUT2D eigenvalue weighted by atomic mass is 35.5. The number of hydrogen-bond acceptors (Lipinski definition) is 4. The highest BCUT2D eigenvalue weighted by Crippen LogP contribution is 2.19. The van der Waals surface area contributed by atoms with Gasteiger partial charge in [0, 0.05) is 43.7 Å². The molecule has 7 nitrogen and oxygen atoms in total. The minimum Gasteiger partial charge on any atom is -0.375 e. The number of nitrogens with zero attached hydrogens (tertiary/aromatic N) is 3. The van der Waals surface area contributed by atoms with Crippen LogP contribution >= 0.6 is 12.4 Å². The maximum absolute atomic E-state index is 12.9. The summed E-state index contributed by atoms with van der Waals surface area (Å²) in [5, 5.41) is 8.44. The molecule has 0 spiro atoms. The third kappa shape index (κ3) is 5.00. The molecule has 2 amide bonds. The Bertz CT molecular complexity index is 1110. The molecular weight excluding hydrogens is 428 g/mol. The van der Waals surface area contributed by atoms with Crippen LogP contribution < -0.4 is 0 Å². The first kappa shape index (κ1) is 23.5. The number of H-pyrrole nitrogens is 1. The van der Waals surface area contributed by atoms with E-state index < -0.39 is 0 Å². The number of aromatic amines is 1. The first-order chi connectivity index (χ1) is 15.1. The van der Waals surface area contributed by atoms with E-state index in [1.54, 1.807) is 4.90 Å². The Hall–Kier alpha value is -3.16. The van der Waals surface area contributed by atoms with Gasteiger partial charge in [-0.2, -0.15) is 5.10 Å². The number of carbonyl (C=O) groups is 2. The molecule has 2 aromatic carbocycles. The van der Waals surface area contributed by atoms with Crippen molar-refractivity contribution in [3.8, 4) is 0 Å². The highest BCUT2D eigenvalue weighted by molar-refractivity contribution is 5.95. The smallest absolute Gasteiger partial charge is 0.253 e. The van der Waals surface area contributed by atoms with Crippen molar-refractivity contribution in [2.45, 2.75) is 13.0 Å². The predicted molar refractivity (Wildman–Crippen MR) is 128 cm³/mol. The first-order valence-electron chi connectivity index (χ1n) is 10.4. The standard InChI is InChI=1S/C24H26N4O3.ClH/c1-17-15-27(13-14-28(17)23(29)16-31-2)24(30)19-10-7-18(8-11-19)9-12-22-20-5-3-4-6-21(20)25-26-22;/h3-12,17H,13-16H2,1-2H3,(H,25,26);1H/t17-;/m0./s1. The number of aromatic nitrogens is 2. The number of rotatable bonds is 5. The second-order valence-electron chi connectivity index (χ2n) is 7.73. The monoisotopic (exact) mass is 454 g/mol. The molecule has 1 saturated heterocycles. The number of fused-ring (bicyclic) bond motifs is 1. The fourth-order valence-electron chi connectivity index (χ4n) is 3.93. The van der Waals surface area contributed by atoms with Crippen LogP contribution in [0.15, 0.2) is 48.5 Å². The first-order valence-corrected chi connectivity index (χ1v) is 10.4. The van der Waals surface area contributed by atoms with Crippen LogP contribution in [0.1, 0.15) is 28.5 Å². The molecular formula is C24H27ClN4O3. The Kier molecular flexibility index (Phi) is 7.66. The molecule has 1 N–H and O–H groups in total. The van der Waals surface area contributed by atoms with Gasteiger partial charge in [0.2, 0.25) is 5.91 Å². The Balaban J connectivity index is 0.00000289. The van der Waals surface area contributed by atoms with Crippen molar-refractivity contribution < 1.29 is 14.3 Å². The topological polar surface area (TPSA) is 78.5 Å². The van der Waals surface area contributed by atoms with Gasteiger partial charge < -0.3 is 14.5 Å². The summed E-state index contributed by atoms with van der Waals surface area (Å²) >= 11 is 0. The van der Waals surface area contributed by atoms with Gasteiger partial charge in [-0.25, -0.2) is 0 Å². The summed E-state index contributed by atoms with van der Waals surface area (Å²) in [4.78, 5) is 28.6. The van der Waals surface area contributed by atoms with E-state index in [1.165, 1.54) is 7.11 Å². The van der Waals surface area contributed by atoms with E-state index in [0.29, 0.717) is 25.2 Å². The van der Waals surface area contributed by atoms with E-state index in [2.05, 4.69) is 10.2 Å². The van der Waals surface area contributed by atoms with Crippen LogP contribution in [0.2, 0.25) is 0 Å². The highest BCUT2D eigenvalue weighted by Gasteiger charge is 2.29. The molecule has 8 heteroatoms. The Labute approximate surface area is 193 Å². The fraction of sp³-hybridized carbons (Fsp3) is 0.292. The van der Waals surface area contributed by atoms with Crippen LogP contribution in [-0.4, -0.2) is 71.2 Å². The summed E-state index contributed by atoms with van der Waals surface area (Å²) < 4.78 is 4.94. The quantitative estimate of drug-likeness (QED) is 0.640. The van der Waals surface area contributed by atoms with E-state index in [1.807, 2.05) is 72.5 Å². The maximum atomic E-state index is 12.9. The van der Waals surface area contributed by atoms with E-state index in [0.717, 1.165) is 22.2 Å². The second kappa shape index (κ2) is 10.4. The Morgan fingerprint density at radius 1 is 1.12 bits per heavy atom. The number of para-hydroxylation sites is 1. The van der Waals surface area contributed by atoms with Crippen LogP contribution in [-0.2, 0) is 9.53 Å². The average Bonchev–Trinajstić information content (AvgIpc) is 3.21. The molecule has 4 rings (SSSR count). The van der Waals surface area contributed by atoms with Gasteiger partial charge in [-0.1, -0.05) is 36.4 Å². The van der Waals surface area contributed by atoms with Gasteiger partial charge in [0.25, 0.3) is 5.91 Å². The SMILES string of the molecule is COCC(=O)N1CCN(C(=O)c2ccc(C=Cc3n[nH]c4ccccc34)cc2)C[C@@H]1C.Cl. The molecule has 32 heavy (non-hydrogen) atoms. The van der Waals surface area contributed by atoms with Crippen LogP contribution in [0.4, 0.5) is 0 Å². The zero-order valence-corrected chi connectivity index (χ0v) is 19.0. The molecule has 1 aliphatic rings. The van der Waals surface area contributed by atoms with Gasteiger partial charge in [0.15, 0.2) is 0 Å². The molecule has 0 unspecified atom stereocenters. The van der Waals surface area contributed by atoms with E-state index in [-0.39, 0.29) is 36.9 Å². The van der Waals surface area contributed by atoms with Crippen molar-refractivity contribution in [1.29, 1.82) is 0 Å². The van der Waals surface area contributed by atoms with Gasteiger partial charge in [0.05, 0.1) is 11.2 Å². The summed E-state index contributed by atoms with van der Waals surface area (Å²) in [5.74, 6) is -0.0533. The van der Waals surface area contributed by atoms with E-state index in [9.17, 15) is 9.59 Å². The molecule has 168 valence electrons. The van der Waals surface area contributed by atoms with E-state index in [4.69, 9.17) is 4.74 Å². The molecule has 1 fully saturated rings. The number of nitrogens with one attached hydrogen (secondary N) is 1. The minimum atomic E-state index is -0.0390. The van der Waals surface area contributed by atoms with Gasteiger partial charge in [0.1, 0.15) is 6.61 Å². The van der Waals surface area contributed by atoms with Gasteiger partial charge in [-0.15, -0.1) is 12.4 Å². The van der Waals surface area contributed by atoms with Crippen LogP contribution in [0.25, 0.3) is 23.1 Å². The van der Waals surface area contributed by atoms with Crippen molar-refractivity contribution in [3.05, 3.63) is 65.4 Å². The molecule has 0 bridgehead atoms. The number of halogens is 1. The van der Waals surface area contributed by atoms with Crippen molar-refractivity contribution in [1.82, 2.24) is 20.0 Å². The van der Waals surface area contributed by atoms with Crippen LogP contribution in [0.3, 0.4) is 0 Å². The predicted octanol–water partition coefficient (Wildman–Crippen LogP) is 3.47. The molecule has 3 aromatic rings. The number of ether oxygens (including phenoxy) is 1. The molecule has 2 heterocycles. The lowest BCUT2D eigenvalue weighted by atomic mass is 10.1. The summed E-state index contributed by atoms with van der Waals surface area (Å²) in [5.41, 5.74) is 3.52. The van der Waals surface area contributed by atoms with Crippen LogP contribution in [0.5, 0.6) is 0 Å². The van der Waals surface area contributed by atoms with E-state index >= 15 is 0 Å². The number of methoxy groups -OCH3 is 1. The number of carbonyl (C=O) groups excluding carboxylic acids is 2. The molecule has 1 aliphatic heterocycles. The molecule has 1 atom stereocenters. The number of piperazine rings is 1. The zero-order chi connectivity index (χ0) is 21.8. The molecule has 0 aliphatic carbocycles. The maximum Gasteiger partial charge on any atom is 0.253 e. The lowest BCUT2D eigenvalue weighted by Gasteiger charge is -2.39. The summed E-state index contributed by atoms with van der Waals surface area (Å²) in [6.07, 6.45) is 3.95. The lowest BCUT2D eigenvalue weighted by molar-refractivity contribution is -0.139. The molecule has 1 aromatic heterocycles.